The van der Waals surface area contributed by atoms with E-state index in [1.807, 2.05) is 23.9 Å². The molecule has 0 radical (unpaired) electrons. The SMILES string of the molecule is CCCC(CBr)CSc1ccccc1OC. The predicted octanol–water partition coefficient (Wildman–Crippen LogP) is 4.60. The monoisotopic (exact) mass is 302 g/mol. The van der Waals surface area contributed by atoms with Crippen LogP contribution in [-0.4, -0.2) is 18.2 Å². The van der Waals surface area contributed by atoms with E-state index in [9.17, 15) is 0 Å². The number of halogens is 1. The van der Waals surface area contributed by atoms with Crippen LogP contribution in [0.25, 0.3) is 0 Å². The molecule has 1 nitrogen and oxygen atoms in total. The van der Waals surface area contributed by atoms with Gasteiger partial charge in [0.05, 0.1) is 7.11 Å². The Morgan fingerprint density at radius 3 is 2.75 bits per heavy atom. The molecule has 1 atom stereocenters. The Bertz CT molecular complexity index is 304. The van der Waals surface area contributed by atoms with Crippen LogP contribution in [0.1, 0.15) is 19.8 Å². The lowest BCUT2D eigenvalue weighted by atomic mass is 10.1. The predicted molar refractivity (Wildman–Crippen MR) is 75.9 cm³/mol. The molecule has 16 heavy (non-hydrogen) atoms. The first-order valence-electron chi connectivity index (χ1n) is 5.63. The van der Waals surface area contributed by atoms with E-state index in [2.05, 4.69) is 35.0 Å². The number of hydrogen-bond acceptors (Lipinski definition) is 2. The molecule has 0 aromatic heterocycles. The molecule has 0 heterocycles. The van der Waals surface area contributed by atoms with Gasteiger partial charge in [-0.2, -0.15) is 0 Å². The molecule has 0 saturated carbocycles. The molecule has 0 aliphatic carbocycles. The zero-order chi connectivity index (χ0) is 11.8. The van der Waals surface area contributed by atoms with Gasteiger partial charge in [-0.1, -0.05) is 41.4 Å². The maximum atomic E-state index is 5.34. The molecular weight excluding hydrogens is 284 g/mol. The van der Waals surface area contributed by atoms with Crippen molar-refractivity contribution in [3.8, 4) is 5.75 Å². The van der Waals surface area contributed by atoms with Gasteiger partial charge >= 0.3 is 0 Å². The Labute approximate surface area is 111 Å². The Balaban J connectivity index is 2.52. The van der Waals surface area contributed by atoms with Crippen LogP contribution in [0, 0.1) is 5.92 Å². The highest BCUT2D eigenvalue weighted by atomic mass is 79.9. The fourth-order valence-electron chi connectivity index (χ4n) is 1.56. The lowest BCUT2D eigenvalue weighted by Gasteiger charge is -2.13. The maximum Gasteiger partial charge on any atom is 0.132 e. The third-order valence-electron chi connectivity index (χ3n) is 2.46. The van der Waals surface area contributed by atoms with Crippen molar-refractivity contribution in [3.05, 3.63) is 24.3 Å². The van der Waals surface area contributed by atoms with Gasteiger partial charge in [-0.3, -0.25) is 0 Å². The highest BCUT2D eigenvalue weighted by molar-refractivity contribution is 9.09. The molecule has 0 spiro atoms. The topological polar surface area (TPSA) is 9.23 Å². The highest BCUT2D eigenvalue weighted by Crippen LogP contribution is 2.31. The van der Waals surface area contributed by atoms with Crippen LogP contribution in [-0.2, 0) is 0 Å². The van der Waals surface area contributed by atoms with Crippen molar-refractivity contribution in [2.45, 2.75) is 24.7 Å². The van der Waals surface area contributed by atoms with E-state index in [0.29, 0.717) is 0 Å². The van der Waals surface area contributed by atoms with Crippen molar-refractivity contribution < 1.29 is 4.74 Å². The molecule has 1 aromatic carbocycles. The summed E-state index contributed by atoms with van der Waals surface area (Å²) in [4.78, 5) is 1.24. The number of hydrogen-bond donors (Lipinski definition) is 0. The third-order valence-corrected chi connectivity index (χ3v) is 4.66. The molecule has 0 bridgehead atoms. The zero-order valence-electron chi connectivity index (χ0n) is 9.91. The third kappa shape index (κ3) is 4.38. The number of para-hydroxylation sites is 1. The van der Waals surface area contributed by atoms with Gasteiger partial charge in [-0.15, -0.1) is 11.8 Å². The average Bonchev–Trinajstić information content (AvgIpc) is 2.34. The summed E-state index contributed by atoms with van der Waals surface area (Å²) >= 11 is 5.47. The van der Waals surface area contributed by atoms with Crippen LogP contribution in [0.2, 0.25) is 0 Å². The summed E-state index contributed by atoms with van der Waals surface area (Å²) in [6.45, 7) is 2.24. The first kappa shape index (κ1) is 13.9. The Kier molecular flexibility index (Phi) is 6.97. The smallest absolute Gasteiger partial charge is 0.132 e. The summed E-state index contributed by atoms with van der Waals surface area (Å²) in [5, 5.41) is 1.09. The molecule has 90 valence electrons. The number of thioether (sulfide) groups is 1. The fourth-order valence-corrected chi connectivity index (χ4v) is 3.58. The molecule has 1 unspecified atom stereocenters. The maximum absolute atomic E-state index is 5.34. The van der Waals surface area contributed by atoms with Gasteiger partial charge in [0, 0.05) is 16.0 Å². The molecule has 1 rings (SSSR count). The second-order valence-electron chi connectivity index (χ2n) is 3.77. The van der Waals surface area contributed by atoms with Crippen LogP contribution < -0.4 is 4.74 Å². The molecule has 0 saturated heterocycles. The number of alkyl halides is 1. The van der Waals surface area contributed by atoms with Gasteiger partial charge in [-0.05, 0) is 24.5 Å². The zero-order valence-corrected chi connectivity index (χ0v) is 12.3. The van der Waals surface area contributed by atoms with Gasteiger partial charge in [0.1, 0.15) is 5.75 Å². The minimum atomic E-state index is 0.750. The van der Waals surface area contributed by atoms with Crippen molar-refractivity contribution in [1.82, 2.24) is 0 Å². The summed E-state index contributed by atoms with van der Waals surface area (Å²) in [6.07, 6.45) is 2.54. The van der Waals surface area contributed by atoms with Crippen molar-refractivity contribution in [1.29, 1.82) is 0 Å². The van der Waals surface area contributed by atoms with Gasteiger partial charge < -0.3 is 4.74 Å². The molecule has 0 amide bonds. The largest absolute Gasteiger partial charge is 0.496 e. The first-order valence-corrected chi connectivity index (χ1v) is 7.74. The fraction of sp³-hybridized carbons (Fsp3) is 0.538. The highest BCUT2D eigenvalue weighted by Gasteiger charge is 2.08. The molecule has 0 aliphatic rings. The summed E-state index contributed by atoms with van der Waals surface area (Å²) < 4.78 is 5.34. The van der Waals surface area contributed by atoms with Crippen molar-refractivity contribution in [2.75, 3.05) is 18.2 Å². The van der Waals surface area contributed by atoms with E-state index >= 15 is 0 Å². The van der Waals surface area contributed by atoms with Crippen LogP contribution in [0.5, 0.6) is 5.75 Å². The van der Waals surface area contributed by atoms with E-state index in [0.717, 1.165) is 22.8 Å². The van der Waals surface area contributed by atoms with Crippen LogP contribution >= 0.6 is 27.7 Å². The Morgan fingerprint density at radius 1 is 1.38 bits per heavy atom. The van der Waals surface area contributed by atoms with Gasteiger partial charge in [0.25, 0.3) is 0 Å². The minimum absolute atomic E-state index is 0.750. The van der Waals surface area contributed by atoms with Crippen molar-refractivity contribution >= 4 is 27.7 Å². The quantitative estimate of drug-likeness (QED) is 0.538. The normalized spacial score (nSPS) is 12.4. The van der Waals surface area contributed by atoms with Crippen molar-refractivity contribution in [2.24, 2.45) is 5.92 Å². The summed E-state index contributed by atoms with van der Waals surface area (Å²) in [5.74, 6) is 2.89. The number of methoxy groups -OCH3 is 1. The van der Waals surface area contributed by atoms with E-state index in [4.69, 9.17) is 4.74 Å². The van der Waals surface area contributed by atoms with Crippen LogP contribution in [0.4, 0.5) is 0 Å². The van der Waals surface area contributed by atoms with E-state index in [1.165, 1.54) is 17.7 Å². The first-order chi connectivity index (χ1) is 7.81. The Hall–Kier alpha value is -0.150. The van der Waals surface area contributed by atoms with Crippen molar-refractivity contribution in [3.63, 3.8) is 0 Å². The van der Waals surface area contributed by atoms with Gasteiger partial charge in [-0.25, -0.2) is 0 Å². The van der Waals surface area contributed by atoms with E-state index in [-0.39, 0.29) is 0 Å². The molecule has 0 fully saturated rings. The second kappa shape index (κ2) is 8.02. The molecule has 1 aromatic rings. The van der Waals surface area contributed by atoms with E-state index in [1.54, 1.807) is 7.11 Å². The lowest BCUT2D eigenvalue weighted by molar-refractivity contribution is 0.404. The second-order valence-corrected chi connectivity index (χ2v) is 5.48. The van der Waals surface area contributed by atoms with Crippen LogP contribution in [0.3, 0.4) is 0 Å². The minimum Gasteiger partial charge on any atom is -0.496 e. The molecule has 3 heteroatoms. The van der Waals surface area contributed by atoms with Crippen LogP contribution in [0.15, 0.2) is 29.2 Å². The molecular formula is C13H19BrOS. The number of rotatable bonds is 7. The lowest BCUT2D eigenvalue weighted by Crippen LogP contribution is -2.04. The summed E-state index contributed by atoms with van der Waals surface area (Å²) in [5.41, 5.74) is 0. The number of benzene rings is 1. The summed E-state index contributed by atoms with van der Waals surface area (Å²) in [6, 6.07) is 8.22. The average molecular weight is 303 g/mol. The van der Waals surface area contributed by atoms with Gasteiger partial charge in [0.2, 0.25) is 0 Å². The Morgan fingerprint density at radius 2 is 2.12 bits per heavy atom. The standard InChI is InChI=1S/C13H19BrOS/c1-3-6-11(9-14)10-16-13-8-5-4-7-12(13)15-2/h4-5,7-8,11H,3,6,9-10H2,1-2H3. The summed E-state index contributed by atoms with van der Waals surface area (Å²) in [7, 11) is 1.73. The van der Waals surface area contributed by atoms with E-state index < -0.39 is 0 Å². The molecule has 0 aliphatic heterocycles. The molecule has 0 N–H and O–H groups in total. The number of ether oxygens (including phenoxy) is 1. The van der Waals surface area contributed by atoms with Gasteiger partial charge in [0.15, 0.2) is 0 Å².